The van der Waals surface area contributed by atoms with Crippen LogP contribution in [-0.2, 0) is 4.79 Å². The van der Waals surface area contributed by atoms with Gasteiger partial charge in [0.25, 0.3) is 5.91 Å². The van der Waals surface area contributed by atoms with Crippen molar-refractivity contribution in [2.45, 2.75) is 26.3 Å². The fourth-order valence-corrected chi connectivity index (χ4v) is 3.12. The van der Waals surface area contributed by atoms with Crippen LogP contribution in [0.3, 0.4) is 0 Å². The first kappa shape index (κ1) is 17.9. The molecule has 3 aromatic rings. The molecule has 0 saturated heterocycles. The SMILES string of the molecule is CCC(=O)Nc1ccc(C(C)NC(=O)c2csc(-c3ccco3)n2)cc1. The van der Waals surface area contributed by atoms with Crippen molar-refractivity contribution in [1.82, 2.24) is 10.3 Å². The molecular weight excluding hydrogens is 350 g/mol. The predicted molar refractivity (Wildman–Crippen MR) is 101 cm³/mol. The smallest absolute Gasteiger partial charge is 0.271 e. The molecule has 7 heteroatoms. The Balaban J connectivity index is 1.63. The number of carbonyl (C=O) groups is 2. The average molecular weight is 369 g/mol. The minimum absolute atomic E-state index is 0.0324. The van der Waals surface area contributed by atoms with E-state index in [2.05, 4.69) is 15.6 Å². The fraction of sp³-hybridized carbons (Fsp3) is 0.211. The van der Waals surface area contributed by atoms with Crippen LogP contribution in [0.5, 0.6) is 0 Å². The number of amides is 2. The van der Waals surface area contributed by atoms with Crippen LogP contribution < -0.4 is 10.6 Å². The van der Waals surface area contributed by atoms with Gasteiger partial charge in [-0.05, 0) is 36.8 Å². The second-order valence-electron chi connectivity index (χ2n) is 5.73. The zero-order chi connectivity index (χ0) is 18.5. The third-order valence-electron chi connectivity index (χ3n) is 3.83. The summed E-state index contributed by atoms with van der Waals surface area (Å²) in [6, 6.07) is 10.8. The summed E-state index contributed by atoms with van der Waals surface area (Å²) in [5, 5.41) is 8.11. The minimum atomic E-state index is -0.241. The molecule has 1 atom stereocenters. The molecule has 2 N–H and O–H groups in total. The van der Waals surface area contributed by atoms with Crippen molar-refractivity contribution in [3.05, 3.63) is 59.3 Å². The lowest BCUT2D eigenvalue weighted by Crippen LogP contribution is -2.26. The molecule has 134 valence electrons. The number of carbonyl (C=O) groups excluding carboxylic acids is 2. The van der Waals surface area contributed by atoms with Crippen molar-refractivity contribution < 1.29 is 14.0 Å². The van der Waals surface area contributed by atoms with Gasteiger partial charge in [0.15, 0.2) is 10.8 Å². The van der Waals surface area contributed by atoms with Crippen LogP contribution >= 0.6 is 11.3 Å². The summed E-state index contributed by atoms with van der Waals surface area (Å²) in [7, 11) is 0. The molecule has 2 heterocycles. The lowest BCUT2D eigenvalue weighted by atomic mass is 10.1. The van der Waals surface area contributed by atoms with Gasteiger partial charge < -0.3 is 15.1 Å². The number of furan rings is 1. The first-order chi connectivity index (χ1) is 12.6. The zero-order valence-corrected chi connectivity index (χ0v) is 15.3. The third kappa shape index (κ3) is 4.18. The van der Waals surface area contributed by atoms with Crippen LogP contribution in [0.25, 0.3) is 10.8 Å². The number of nitrogens with zero attached hydrogens (tertiary/aromatic N) is 1. The summed E-state index contributed by atoms with van der Waals surface area (Å²) in [6.45, 7) is 3.70. The predicted octanol–water partition coefficient (Wildman–Crippen LogP) is 4.24. The topological polar surface area (TPSA) is 84.2 Å². The van der Waals surface area contributed by atoms with E-state index in [9.17, 15) is 9.59 Å². The summed E-state index contributed by atoms with van der Waals surface area (Å²) < 4.78 is 5.30. The molecule has 1 unspecified atom stereocenters. The molecule has 0 aliphatic heterocycles. The van der Waals surface area contributed by atoms with Gasteiger partial charge in [0, 0.05) is 17.5 Å². The maximum atomic E-state index is 12.4. The molecule has 3 rings (SSSR count). The van der Waals surface area contributed by atoms with E-state index in [1.54, 1.807) is 24.6 Å². The van der Waals surface area contributed by atoms with Gasteiger partial charge in [0.2, 0.25) is 5.91 Å². The van der Waals surface area contributed by atoms with Crippen molar-refractivity contribution in [1.29, 1.82) is 0 Å². The molecule has 0 radical (unpaired) electrons. The van der Waals surface area contributed by atoms with Crippen molar-refractivity contribution >= 4 is 28.8 Å². The molecule has 6 nitrogen and oxygen atoms in total. The largest absolute Gasteiger partial charge is 0.462 e. The number of aromatic nitrogens is 1. The van der Waals surface area contributed by atoms with Crippen LogP contribution in [0, 0.1) is 0 Å². The molecule has 1 aromatic carbocycles. The standard InChI is InChI=1S/C19H19N3O3S/c1-3-17(23)21-14-8-6-13(7-9-14)12(2)20-18(24)15-11-26-19(22-15)16-5-4-10-25-16/h4-12H,3H2,1-2H3,(H,20,24)(H,21,23). The number of hydrogen-bond acceptors (Lipinski definition) is 5. The van der Waals surface area contributed by atoms with Crippen LogP contribution in [0.1, 0.15) is 42.4 Å². The quantitative estimate of drug-likeness (QED) is 0.680. The van der Waals surface area contributed by atoms with E-state index >= 15 is 0 Å². The molecule has 0 saturated carbocycles. The van der Waals surface area contributed by atoms with Gasteiger partial charge in [-0.25, -0.2) is 4.98 Å². The summed E-state index contributed by atoms with van der Waals surface area (Å²) in [5.74, 6) is 0.372. The van der Waals surface area contributed by atoms with Gasteiger partial charge in [0.1, 0.15) is 5.69 Å². The number of anilines is 1. The molecule has 0 spiro atoms. The van der Waals surface area contributed by atoms with E-state index in [0.717, 1.165) is 11.3 Å². The summed E-state index contributed by atoms with van der Waals surface area (Å²) >= 11 is 1.36. The Labute approximate surface area is 155 Å². The number of thiazole rings is 1. The first-order valence-electron chi connectivity index (χ1n) is 8.27. The molecular formula is C19H19N3O3S. The summed E-state index contributed by atoms with van der Waals surface area (Å²) in [6.07, 6.45) is 2.01. The lowest BCUT2D eigenvalue weighted by molar-refractivity contribution is -0.115. The van der Waals surface area contributed by atoms with Crippen molar-refractivity contribution in [2.75, 3.05) is 5.32 Å². The monoisotopic (exact) mass is 369 g/mol. The van der Waals surface area contributed by atoms with Crippen LogP contribution in [0.2, 0.25) is 0 Å². The zero-order valence-electron chi connectivity index (χ0n) is 14.5. The van der Waals surface area contributed by atoms with E-state index < -0.39 is 0 Å². The second kappa shape index (κ2) is 7.97. The Morgan fingerprint density at radius 2 is 2.00 bits per heavy atom. The minimum Gasteiger partial charge on any atom is -0.462 e. The first-order valence-corrected chi connectivity index (χ1v) is 9.15. The lowest BCUT2D eigenvalue weighted by Gasteiger charge is -2.14. The number of hydrogen-bond donors (Lipinski definition) is 2. The number of nitrogens with one attached hydrogen (secondary N) is 2. The Bertz CT molecular complexity index is 885. The molecule has 0 aliphatic carbocycles. The van der Waals surface area contributed by atoms with E-state index in [0.29, 0.717) is 22.9 Å². The Hall–Kier alpha value is -2.93. The summed E-state index contributed by atoms with van der Waals surface area (Å²) in [5.41, 5.74) is 2.04. The van der Waals surface area contributed by atoms with Crippen LogP contribution in [-0.4, -0.2) is 16.8 Å². The Morgan fingerprint density at radius 3 is 2.65 bits per heavy atom. The molecule has 0 aliphatic rings. The van der Waals surface area contributed by atoms with Gasteiger partial charge in [-0.1, -0.05) is 19.1 Å². The van der Waals surface area contributed by atoms with Gasteiger partial charge >= 0.3 is 0 Å². The van der Waals surface area contributed by atoms with Gasteiger partial charge in [-0.2, -0.15) is 0 Å². The van der Waals surface area contributed by atoms with Crippen LogP contribution in [0.15, 0.2) is 52.5 Å². The number of benzene rings is 1. The highest BCUT2D eigenvalue weighted by molar-refractivity contribution is 7.13. The fourth-order valence-electron chi connectivity index (χ4n) is 2.35. The van der Waals surface area contributed by atoms with Crippen molar-refractivity contribution in [3.63, 3.8) is 0 Å². The van der Waals surface area contributed by atoms with Crippen LogP contribution in [0.4, 0.5) is 5.69 Å². The normalized spacial score (nSPS) is 11.8. The van der Waals surface area contributed by atoms with E-state index in [4.69, 9.17) is 4.42 Å². The van der Waals surface area contributed by atoms with Crippen molar-refractivity contribution in [2.24, 2.45) is 0 Å². The Morgan fingerprint density at radius 1 is 1.23 bits per heavy atom. The van der Waals surface area contributed by atoms with E-state index in [1.807, 2.05) is 37.3 Å². The maximum absolute atomic E-state index is 12.4. The van der Waals surface area contributed by atoms with Crippen molar-refractivity contribution in [3.8, 4) is 10.8 Å². The van der Waals surface area contributed by atoms with Gasteiger partial charge in [-0.3, -0.25) is 9.59 Å². The highest BCUT2D eigenvalue weighted by Gasteiger charge is 2.16. The molecule has 0 bridgehead atoms. The average Bonchev–Trinajstić information content (AvgIpc) is 3.33. The highest BCUT2D eigenvalue weighted by Crippen LogP contribution is 2.24. The van der Waals surface area contributed by atoms with E-state index in [1.165, 1.54) is 11.3 Å². The Kier molecular flexibility index (Phi) is 5.48. The van der Waals surface area contributed by atoms with E-state index in [-0.39, 0.29) is 17.9 Å². The molecule has 2 amide bonds. The molecule has 2 aromatic heterocycles. The molecule has 26 heavy (non-hydrogen) atoms. The van der Waals surface area contributed by atoms with Gasteiger partial charge in [-0.15, -0.1) is 11.3 Å². The van der Waals surface area contributed by atoms with Gasteiger partial charge in [0.05, 0.1) is 12.3 Å². The third-order valence-corrected chi connectivity index (χ3v) is 4.69. The highest BCUT2D eigenvalue weighted by atomic mass is 32.1. The number of rotatable bonds is 6. The second-order valence-corrected chi connectivity index (χ2v) is 6.59. The maximum Gasteiger partial charge on any atom is 0.271 e. The molecule has 0 fully saturated rings. The summed E-state index contributed by atoms with van der Waals surface area (Å²) in [4.78, 5) is 28.1.